The largest absolute Gasteiger partial charge is 0.324 e. The molecule has 1 saturated heterocycles. The van der Waals surface area contributed by atoms with Crippen LogP contribution < -0.4 is 0 Å². The summed E-state index contributed by atoms with van der Waals surface area (Å²) in [6, 6.07) is 0. The van der Waals surface area contributed by atoms with E-state index < -0.39 is 0 Å². The molecule has 0 aliphatic carbocycles. The lowest BCUT2D eigenvalue weighted by Gasteiger charge is -2.38. The molecular weight excluding hydrogens is 130 g/mol. The van der Waals surface area contributed by atoms with Gasteiger partial charge in [0.15, 0.2) is 12.6 Å². The van der Waals surface area contributed by atoms with Crippen molar-refractivity contribution in [1.29, 1.82) is 0 Å². The third-order valence-electron chi connectivity index (χ3n) is 1.68. The van der Waals surface area contributed by atoms with E-state index in [-0.39, 0.29) is 5.79 Å². The number of aliphatic imine (C=N–C) groups is 1. The standard InChI is InChI=1S/C7H13NO2/c1-7(9-6-10-7)4-3-5-8-2/h2-6H2,1H3. The van der Waals surface area contributed by atoms with Gasteiger partial charge in [0.05, 0.1) is 0 Å². The van der Waals surface area contributed by atoms with Crippen LogP contribution in [0.25, 0.3) is 0 Å². The van der Waals surface area contributed by atoms with Gasteiger partial charge in [0.2, 0.25) is 0 Å². The van der Waals surface area contributed by atoms with E-state index in [1.165, 1.54) is 0 Å². The zero-order valence-electron chi connectivity index (χ0n) is 6.30. The van der Waals surface area contributed by atoms with Gasteiger partial charge in [-0.25, -0.2) is 0 Å². The molecule has 0 radical (unpaired) electrons. The van der Waals surface area contributed by atoms with E-state index in [9.17, 15) is 0 Å². The summed E-state index contributed by atoms with van der Waals surface area (Å²) in [7, 11) is 0. The maximum Gasteiger partial charge on any atom is 0.171 e. The average Bonchev–Trinajstić information content (AvgIpc) is 1.85. The van der Waals surface area contributed by atoms with Crippen LogP contribution in [0.3, 0.4) is 0 Å². The van der Waals surface area contributed by atoms with Gasteiger partial charge in [-0.3, -0.25) is 0 Å². The van der Waals surface area contributed by atoms with Gasteiger partial charge in [0, 0.05) is 13.0 Å². The summed E-state index contributed by atoms with van der Waals surface area (Å²) < 4.78 is 10.4. The Hall–Kier alpha value is -0.410. The number of hydrogen-bond donors (Lipinski definition) is 0. The van der Waals surface area contributed by atoms with Crippen LogP contribution in [0, 0.1) is 0 Å². The van der Waals surface area contributed by atoms with Crippen LogP contribution in [0.2, 0.25) is 0 Å². The first kappa shape index (κ1) is 7.69. The van der Waals surface area contributed by atoms with Gasteiger partial charge in [0.1, 0.15) is 0 Å². The van der Waals surface area contributed by atoms with E-state index in [1.807, 2.05) is 6.92 Å². The molecule has 58 valence electrons. The lowest BCUT2D eigenvalue weighted by Crippen LogP contribution is -2.43. The Labute approximate surface area is 61.0 Å². The highest BCUT2D eigenvalue weighted by molar-refractivity contribution is 5.22. The predicted octanol–water partition coefficient (Wildman–Crippen LogP) is 1.19. The molecule has 0 atom stereocenters. The van der Waals surface area contributed by atoms with Crippen LogP contribution in [0.5, 0.6) is 0 Å². The molecule has 0 aromatic heterocycles. The van der Waals surface area contributed by atoms with Crippen molar-refractivity contribution in [2.24, 2.45) is 4.99 Å². The van der Waals surface area contributed by atoms with Crippen LogP contribution in [0.1, 0.15) is 19.8 Å². The minimum absolute atomic E-state index is 0.315. The van der Waals surface area contributed by atoms with Crippen molar-refractivity contribution in [3.63, 3.8) is 0 Å². The number of rotatable bonds is 4. The summed E-state index contributed by atoms with van der Waals surface area (Å²) in [6.07, 6.45) is 1.89. The summed E-state index contributed by atoms with van der Waals surface area (Å²) in [5, 5.41) is 0. The molecule has 0 bridgehead atoms. The molecule has 0 aromatic rings. The lowest BCUT2D eigenvalue weighted by molar-refractivity contribution is -0.391. The van der Waals surface area contributed by atoms with Crippen molar-refractivity contribution in [3.8, 4) is 0 Å². The van der Waals surface area contributed by atoms with E-state index in [1.54, 1.807) is 0 Å². The van der Waals surface area contributed by atoms with Crippen LogP contribution in [0.15, 0.2) is 4.99 Å². The second-order valence-corrected chi connectivity index (χ2v) is 2.59. The molecule has 0 saturated carbocycles. The SMILES string of the molecule is C=NCCCC1(C)OCO1. The second kappa shape index (κ2) is 3.12. The molecule has 3 nitrogen and oxygen atoms in total. The first-order chi connectivity index (χ1) is 4.77. The Morgan fingerprint density at radius 1 is 1.60 bits per heavy atom. The summed E-state index contributed by atoms with van der Waals surface area (Å²) in [5.41, 5.74) is 0. The van der Waals surface area contributed by atoms with Crippen molar-refractivity contribution in [2.75, 3.05) is 13.3 Å². The van der Waals surface area contributed by atoms with Crippen LogP contribution in [0.4, 0.5) is 0 Å². The van der Waals surface area contributed by atoms with Gasteiger partial charge >= 0.3 is 0 Å². The maximum atomic E-state index is 5.18. The van der Waals surface area contributed by atoms with Crippen LogP contribution in [-0.4, -0.2) is 25.8 Å². The molecule has 3 heteroatoms. The highest BCUT2D eigenvalue weighted by Gasteiger charge is 2.33. The van der Waals surface area contributed by atoms with Crippen molar-refractivity contribution in [2.45, 2.75) is 25.6 Å². The lowest BCUT2D eigenvalue weighted by atomic mass is 10.1. The molecule has 0 unspecified atom stereocenters. The van der Waals surface area contributed by atoms with Crippen molar-refractivity contribution in [1.82, 2.24) is 0 Å². The Kier molecular flexibility index (Phi) is 2.40. The number of nitrogens with zero attached hydrogens (tertiary/aromatic N) is 1. The van der Waals surface area contributed by atoms with Gasteiger partial charge in [-0.05, 0) is 20.1 Å². The molecule has 0 amide bonds. The zero-order chi connectivity index (χ0) is 7.45. The first-order valence-electron chi connectivity index (χ1n) is 3.47. The van der Waals surface area contributed by atoms with E-state index in [0.717, 1.165) is 19.4 Å². The molecule has 0 aromatic carbocycles. The van der Waals surface area contributed by atoms with Crippen molar-refractivity contribution >= 4 is 6.72 Å². The third-order valence-corrected chi connectivity index (χ3v) is 1.68. The van der Waals surface area contributed by atoms with Gasteiger partial charge in [-0.1, -0.05) is 0 Å². The molecule has 0 spiro atoms. The van der Waals surface area contributed by atoms with E-state index in [0.29, 0.717) is 6.79 Å². The first-order valence-corrected chi connectivity index (χ1v) is 3.47. The summed E-state index contributed by atoms with van der Waals surface area (Å²) in [6.45, 7) is 6.57. The molecular formula is C7H13NO2. The Morgan fingerprint density at radius 3 is 2.70 bits per heavy atom. The topological polar surface area (TPSA) is 30.8 Å². The maximum absolute atomic E-state index is 5.18. The van der Waals surface area contributed by atoms with Gasteiger partial charge in [-0.2, -0.15) is 0 Å². The van der Waals surface area contributed by atoms with Crippen molar-refractivity contribution in [3.05, 3.63) is 0 Å². The Balaban J connectivity index is 2.06. The molecule has 10 heavy (non-hydrogen) atoms. The van der Waals surface area contributed by atoms with Crippen LogP contribution in [-0.2, 0) is 9.47 Å². The van der Waals surface area contributed by atoms with Crippen LogP contribution >= 0.6 is 0 Å². The summed E-state index contributed by atoms with van der Waals surface area (Å²) in [5.74, 6) is -0.315. The Morgan fingerprint density at radius 2 is 2.30 bits per heavy atom. The fourth-order valence-electron chi connectivity index (χ4n) is 0.916. The highest BCUT2D eigenvalue weighted by atomic mass is 16.9. The quantitative estimate of drug-likeness (QED) is 0.437. The monoisotopic (exact) mass is 143 g/mol. The van der Waals surface area contributed by atoms with Crippen molar-refractivity contribution < 1.29 is 9.47 Å². The minimum Gasteiger partial charge on any atom is -0.324 e. The third kappa shape index (κ3) is 1.78. The number of ether oxygens (including phenoxy) is 2. The molecule has 1 rings (SSSR count). The molecule has 1 aliphatic rings. The summed E-state index contributed by atoms with van der Waals surface area (Å²) in [4.78, 5) is 3.74. The molecule has 1 fully saturated rings. The highest BCUT2D eigenvalue weighted by Crippen LogP contribution is 2.26. The molecule has 1 heterocycles. The van der Waals surface area contributed by atoms with E-state index in [2.05, 4.69) is 11.7 Å². The van der Waals surface area contributed by atoms with E-state index >= 15 is 0 Å². The predicted molar refractivity (Wildman–Crippen MR) is 39.1 cm³/mol. The smallest absolute Gasteiger partial charge is 0.171 e. The van der Waals surface area contributed by atoms with Gasteiger partial charge < -0.3 is 14.5 Å². The fraction of sp³-hybridized carbons (Fsp3) is 0.857. The normalized spacial score (nSPS) is 21.7. The Bertz CT molecular complexity index is 121. The average molecular weight is 143 g/mol. The summed E-state index contributed by atoms with van der Waals surface area (Å²) >= 11 is 0. The minimum atomic E-state index is -0.315. The zero-order valence-corrected chi connectivity index (χ0v) is 6.30. The fourth-order valence-corrected chi connectivity index (χ4v) is 0.916. The van der Waals surface area contributed by atoms with Gasteiger partial charge in [0.25, 0.3) is 0 Å². The molecule has 1 aliphatic heterocycles. The van der Waals surface area contributed by atoms with E-state index in [4.69, 9.17) is 9.47 Å². The molecule has 0 N–H and O–H groups in total. The second-order valence-electron chi connectivity index (χ2n) is 2.59. The van der Waals surface area contributed by atoms with Gasteiger partial charge in [-0.15, -0.1) is 0 Å². The number of hydrogen-bond acceptors (Lipinski definition) is 3.